The van der Waals surface area contributed by atoms with Crippen molar-refractivity contribution < 1.29 is 13.5 Å². The zero-order chi connectivity index (χ0) is 18.5. The van der Waals surface area contributed by atoms with Gasteiger partial charge in [-0.3, -0.25) is 0 Å². The standard InChI is InChI=1S/C23H22F2O/c1-3-4-13-26-23-21(24)14-20(15-22(23)25)19-11-9-18(10-12-19)17-7-5-16(2)6-8-17/h5-12,14-15H,3-4,13H2,1-2H3. The van der Waals surface area contributed by atoms with Crippen molar-refractivity contribution in [3.05, 3.63) is 77.9 Å². The molecular weight excluding hydrogens is 330 g/mol. The Morgan fingerprint density at radius 2 is 1.19 bits per heavy atom. The average Bonchev–Trinajstić information content (AvgIpc) is 2.65. The minimum Gasteiger partial charge on any atom is -0.488 e. The maximum atomic E-state index is 14.2. The molecule has 0 aliphatic carbocycles. The molecule has 3 heteroatoms. The number of benzene rings is 3. The van der Waals surface area contributed by atoms with Gasteiger partial charge in [0.25, 0.3) is 0 Å². The minimum absolute atomic E-state index is 0.293. The van der Waals surface area contributed by atoms with E-state index in [2.05, 4.69) is 24.3 Å². The monoisotopic (exact) mass is 352 g/mol. The van der Waals surface area contributed by atoms with Crippen LogP contribution in [0.25, 0.3) is 22.3 Å². The molecule has 3 aromatic carbocycles. The van der Waals surface area contributed by atoms with E-state index in [-0.39, 0.29) is 5.75 Å². The normalized spacial score (nSPS) is 10.8. The highest BCUT2D eigenvalue weighted by molar-refractivity contribution is 5.71. The largest absolute Gasteiger partial charge is 0.488 e. The number of unbranched alkanes of at least 4 members (excludes halogenated alkanes) is 1. The molecule has 0 unspecified atom stereocenters. The molecule has 0 aliphatic heterocycles. The first-order valence-corrected chi connectivity index (χ1v) is 8.88. The van der Waals surface area contributed by atoms with Gasteiger partial charge in [0.1, 0.15) is 0 Å². The molecule has 0 aromatic heterocycles. The molecule has 0 atom stereocenters. The molecule has 134 valence electrons. The number of aryl methyl sites for hydroxylation is 1. The van der Waals surface area contributed by atoms with Crippen LogP contribution < -0.4 is 4.74 Å². The summed E-state index contributed by atoms with van der Waals surface area (Å²) >= 11 is 0. The Morgan fingerprint density at radius 3 is 1.69 bits per heavy atom. The van der Waals surface area contributed by atoms with Crippen LogP contribution in [0.2, 0.25) is 0 Å². The van der Waals surface area contributed by atoms with Gasteiger partial charge in [-0.25, -0.2) is 8.78 Å². The van der Waals surface area contributed by atoms with E-state index in [0.29, 0.717) is 12.2 Å². The Hall–Kier alpha value is -2.68. The van der Waals surface area contributed by atoms with Crippen molar-refractivity contribution in [3.63, 3.8) is 0 Å². The van der Waals surface area contributed by atoms with Gasteiger partial charge in [-0.15, -0.1) is 0 Å². The van der Waals surface area contributed by atoms with E-state index in [1.807, 2.05) is 38.1 Å². The second-order valence-corrected chi connectivity index (χ2v) is 6.41. The second kappa shape index (κ2) is 8.13. The lowest BCUT2D eigenvalue weighted by atomic mass is 9.99. The van der Waals surface area contributed by atoms with Crippen LogP contribution in [-0.2, 0) is 0 Å². The first-order valence-electron chi connectivity index (χ1n) is 8.88. The van der Waals surface area contributed by atoms with E-state index < -0.39 is 11.6 Å². The van der Waals surface area contributed by atoms with E-state index in [1.54, 1.807) is 0 Å². The SMILES string of the molecule is CCCCOc1c(F)cc(-c2ccc(-c3ccc(C)cc3)cc2)cc1F. The molecule has 0 aliphatic rings. The molecule has 0 fully saturated rings. The summed E-state index contributed by atoms with van der Waals surface area (Å²) in [5, 5.41) is 0. The zero-order valence-corrected chi connectivity index (χ0v) is 15.1. The average molecular weight is 352 g/mol. The smallest absolute Gasteiger partial charge is 0.190 e. The fourth-order valence-electron chi connectivity index (χ4n) is 2.78. The third kappa shape index (κ3) is 4.10. The molecule has 0 heterocycles. The summed E-state index contributed by atoms with van der Waals surface area (Å²) in [5.74, 6) is -1.63. The van der Waals surface area contributed by atoms with Crippen LogP contribution in [0.15, 0.2) is 60.7 Å². The summed E-state index contributed by atoms with van der Waals surface area (Å²) in [6, 6.07) is 18.6. The predicted octanol–water partition coefficient (Wildman–Crippen LogP) is 6.79. The van der Waals surface area contributed by atoms with Gasteiger partial charge in [0, 0.05) is 0 Å². The van der Waals surface area contributed by atoms with Crippen molar-refractivity contribution >= 4 is 0 Å². The molecule has 1 nitrogen and oxygen atoms in total. The molecule has 0 radical (unpaired) electrons. The summed E-state index contributed by atoms with van der Waals surface area (Å²) < 4.78 is 33.7. The highest BCUT2D eigenvalue weighted by Crippen LogP contribution is 2.30. The van der Waals surface area contributed by atoms with Crippen LogP contribution in [0.1, 0.15) is 25.3 Å². The van der Waals surface area contributed by atoms with Crippen molar-refractivity contribution in [2.45, 2.75) is 26.7 Å². The Balaban J connectivity index is 1.84. The van der Waals surface area contributed by atoms with Gasteiger partial charge in [0.05, 0.1) is 6.61 Å². The lowest BCUT2D eigenvalue weighted by molar-refractivity contribution is 0.279. The quantitative estimate of drug-likeness (QED) is 0.444. The molecule has 3 rings (SSSR count). The number of hydrogen-bond acceptors (Lipinski definition) is 1. The van der Waals surface area contributed by atoms with Crippen LogP contribution in [0.3, 0.4) is 0 Å². The first kappa shape index (κ1) is 18.1. The highest BCUT2D eigenvalue weighted by atomic mass is 19.1. The van der Waals surface area contributed by atoms with Gasteiger partial charge in [-0.05, 0) is 47.7 Å². The fourth-order valence-corrected chi connectivity index (χ4v) is 2.78. The van der Waals surface area contributed by atoms with E-state index >= 15 is 0 Å². The van der Waals surface area contributed by atoms with Gasteiger partial charge in [0.15, 0.2) is 17.4 Å². The Labute approximate surface area is 153 Å². The van der Waals surface area contributed by atoms with Crippen LogP contribution >= 0.6 is 0 Å². The molecular formula is C23H22F2O. The number of rotatable bonds is 6. The number of halogens is 2. The van der Waals surface area contributed by atoms with Crippen LogP contribution in [-0.4, -0.2) is 6.61 Å². The van der Waals surface area contributed by atoms with Crippen molar-refractivity contribution in [3.8, 4) is 28.0 Å². The van der Waals surface area contributed by atoms with E-state index in [0.717, 1.165) is 29.5 Å². The Kier molecular flexibility index (Phi) is 5.67. The first-order chi connectivity index (χ1) is 12.6. The number of ether oxygens (including phenoxy) is 1. The molecule has 0 saturated carbocycles. The second-order valence-electron chi connectivity index (χ2n) is 6.41. The third-order valence-electron chi connectivity index (χ3n) is 4.35. The van der Waals surface area contributed by atoms with Crippen molar-refractivity contribution in [1.82, 2.24) is 0 Å². The van der Waals surface area contributed by atoms with Gasteiger partial charge >= 0.3 is 0 Å². The summed E-state index contributed by atoms with van der Waals surface area (Å²) in [6.07, 6.45) is 1.68. The minimum atomic E-state index is -0.668. The molecule has 26 heavy (non-hydrogen) atoms. The van der Waals surface area contributed by atoms with Gasteiger partial charge in [-0.1, -0.05) is 67.4 Å². The predicted molar refractivity (Wildman–Crippen MR) is 102 cm³/mol. The maximum absolute atomic E-state index is 14.2. The molecule has 0 bridgehead atoms. The Morgan fingerprint density at radius 1 is 0.731 bits per heavy atom. The summed E-state index contributed by atoms with van der Waals surface area (Å²) in [4.78, 5) is 0. The van der Waals surface area contributed by atoms with E-state index in [9.17, 15) is 8.78 Å². The summed E-state index contributed by atoms with van der Waals surface area (Å²) in [6.45, 7) is 4.36. The van der Waals surface area contributed by atoms with E-state index in [1.165, 1.54) is 17.7 Å². The van der Waals surface area contributed by atoms with Crippen LogP contribution in [0, 0.1) is 18.6 Å². The van der Waals surface area contributed by atoms with Crippen molar-refractivity contribution in [2.24, 2.45) is 0 Å². The third-order valence-corrected chi connectivity index (χ3v) is 4.35. The lowest BCUT2D eigenvalue weighted by Crippen LogP contribution is -2.01. The highest BCUT2D eigenvalue weighted by Gasteiger charge is 2.13. The van der Waals surface area contributed by atoms with Crippen molar-refractivity contribution in [1.29, 1.82) is 0 Å². The van der Waals surface area contributed by atoms with Crippen molar-refractivity contribution in [2.75, 3.05) is 6.61 Å². The molecule has 0 spiro atoms. The number of hydrogen-bond donors (Lipinski definition) is 0. The zero-order valence-electron chi connectivity index (χ0n) is 15.1. The summed E-state index contributed by atoms with van der Waals surface area (Å²) in [7, 11) is 0. The lowest BCUT2D eigenvalue weighted by Gasteiger charge is -2.10. The van der Waals surface area contributed by atoms with Gasteiger partial charge in [-0.2, -0.15) is 0 Å². The van der Waals surface area contributed by atoms with Crippen LogP contribution in [0.4, 0.5) is 8.78 Å². The van der Waals surface area contributed by atoms with Gasteiger partial charge < -0.3 is 4.74 Å². The Bertz CT molecular complexity index is 845. The molecule has 0 amide bonds. The summed E-state index contributed by atoms with van der Waals surface area (Å²) in [5.41, 5.74) is 4.64. The molecule has 3 aromatic rings. The maximum Gasteiger partial charge on any atom is 0.190 e. The van der Waals surface area contributed by atoms with Gasteiger partial charge in [0.2, 0.25) is 0 Å². The molecule has 0 N–H and O–H groups in total. The molecule has 0 saturated heterocycles. The van der Waals surface area contributed by atoms with E-state index in [4.69, 9.17) is 4.74 Å². The fraction of sp³-hybridized carbons (Fsp3) is 0.217. The topological polar surface area (TPSA) is 9.23 Å². The van der Waals surface area contributed by atoms with Crippen LogP contribution in [0.5, 0.6) is 5.75 Å².